The zero-order valence-electron chi connectivity index (χ0n) is 11.6. The van der Waals surface area contributed by atoms with Crippen LogP contribution in [0.3, 0.4) is 0 Å². The summed E-state index contributed by atoms with van der Waals surface area (Å²) in [5.74, 6) is 1.86. The topological polar surface area (TPSA) is 53.1 Å². The number of nitrogens with one attached hydrogen (secondary N) is 2. The number of hydrogen-bond donors (Lipinski definition) is 2. The molecule has 0 amide bonds. The lowest BCUT2D eigenvalue weighted by Crippen LogP contribution is -2.57. The Morgan fingerprint density at radius 2 is 2.00 bits per heavy atom. The van der Waals surface area contributed by atoms with E-state index in [4.69, 9.17) is 0 Å². The number of aromatic nitrogens is 2. The molecule has 0 aliphatic carbocycles. The molecule has 5 nitrogen and oxygen atoms in total. The molecule has 1 saturated heterocycles. The minimum Gasteiger partial charge on any atom is -0.366 e. The summed E-state index contributed by atoms with van der Waals surface area (Å²) in [6.45, 7) is 2.79. The first-order chi connectivity index (χ1) is 9.85. The summed E-state index contributed by atoms with van der Waals surface area (Å²) in [6, 6.07) is 12.9. The van der Waals surface area contributed by atoms with E-state index >= 15 is 0 Å². The van der Waals surface area contributed by atoms with E-state index in [0.29, 0.717) is 6.04 Å². The van der Waals surface area contributed by atoms with Crippen LogP contribution in [0, 0.1) is 0 Å². The molecule has 0 bridgehead atoms. The molecule has 3 rings (SSSR count). The second-order valence-corrected chi connectivity index (χ2v) is 4.99. The first kappa shape index (κ1) is 12.9. The molecule has 2 heterocycles. The van der Waals surface area contributed by atoms with Gasteiger partial charge >= 0.3 is 0 Å². The summed E-state index contributed by atoms with van der Waals surface area (Å²) in [7, 11) is 1.99. The maximum atomic E-state index is 4.33. The fourth-order valence-electron chi connectivity index (χ4n) is 2.25. The molecule has 0 spiro atoms. The lowest BCUT2D eigenvalue weighted by molar-refractivity contribution is 0.447. The lowest BCUT2D eigenvalue weighted by atomic mass is 10.1. The Bertz CT molecular complexity index is 551. The Kier molecular flexibility index (Phi) is 3.78. The first-order valence-corrected chi connectivity index (χ1v) is 6.87. The number of benzene rings is 1. The average Bonchev–Trinajstić information content (AvgIpc) is 2.46. The van der Waals surface area contributed by atoms with Crippen molar-refractivity contribution in [2.45, 2.75) is 12.6 Å². The van der Waals surface area contributed by atoms with E-state index < -0.39 is 0 Å². The van der Waals surface area contributed by atoms with Gasteiger partial charge in [0, 0.05) is 31.7 Å². The molecule has 1 aliphatic heterocycles. The van der Waals surface area contributed by atoms with Gasteiger partial charge in [-0.1, -0.05) is 30.3 Å². The second kappa shape index (κ2) is 5.88. The number of likely N-dealkylation sites (N-methyl/N-ethyl adjacent to an activating group) is 1. The minimum absolute atomic E-state index is 0.575. The molecule has 5 heteroatoms. The standard InChI is InChI=1S/C15H19N5/c1-16-13-9-20(10-13)15-7-14(18-11-19-15)17-8-12-5-3-2-4-6-12/h2-7,11,13,16H,8-10H2,1H3,(H,17,18,19). The lowest BCUT2D eigenvalue weighted by Gasteiger charge is -2.39. The van der Waals surface area contributed by atoms with Gasteiger partial charge in [0.25, 0.3) is 0 Å². The van der Waals surface area contributed by atoms with Gasteiger partial charge in [-0.25, -0.2) is 9.97 Å². The van der Waals surface area contributed by atoms with Gasteiger partial charge in [-0.15, -0.1) is 0 Å². The summed E-state index contributed by atoms with van der Waals surface area (Å²) in [4.78, 5) is 10.8. The van der Waals surface area contributed by atoms with Crippen molar-refractivity contribution >= 4 is 11.6 Å². The van der Waals surface area contributed by atoms with Crippen LogP contribution >= 0.6 is 0 Å². The largest absolute Gasteiger partial charge is 0.366 e. The fourth-order valence-corrected chi connectivity index (χ4v) is 2.25. The van der Waals surface area contributed by atoms with Gasteiger partial charge in [0.2, 0.25) is 0 Å². The van der Waals surface area contributed by atoms with Crippen LogP contribution in [0.15, 0.2) is 42.7 Å². The molecule has 104 valence electrons. The Labute approximate surface area is 119 Å². The SMILES string of the molecule is CNC1CN(c2cc(NCc3ccccc3)ncn2)C1. The van der Waals surface area contributed by atoms with Gasteiger partial charge in [-0.2, -0.15) is 0 Å². The molecule has 1 aliphatic rings. The molecule has 2 N–H and O–H groups in total. The molecule has 0 unspecified atom stereocenters. The van der Waals surface area contributed by atoms with E-state index in [9.17, 15) is 0 Å². The molecule has 1 aromatic carbocycles. The van der Waals surface area contributed by atoms with Crippen LogP contribution in [0.2, 0.25) is 0 Å². The molecular formula is C15H19N5. The first-order valence-electron chi connectivity index (χ1n) is 6.87. The number of anilines is 2. The smallest absolute Gasteiger partial charge is 0.134 e. The monoisotopic (exact) mass is 269 g/mol. The molecule has 1 fully saturated rings. The fraction of sp³-hybridized carbons (Fsp3) is 0.333. The van der Waals surface area contributed by atoms with Crippen molar-refractivity contribution in [1.29, 1.82) is 0 Å². The highest BCUT2D eigenvalue weighted by molar-refractivity contribution is 5.50. The molecule has 2 aromatic rings. The number of nitrogens with zero attached hydrogens (tertiary/aromatic N) is 3. The zero-order valence-corrected chi connectivity index (χ0v) is 11.6. The van der Waals surface area contributed by atoms with Crippen molar-refractivity contribution < 1.29 is 0 Å². The molecule has 0 radical (unpaired) electrons. The van der Waals surface area contributed by atoms with Crippen molar-refractivity contribution in [3.05, 3.63) is 48.3 Å². The number of rotatable bonds is 5. The Balaban J connectivity index is 1.60. The molecule has 0 atom stereocenters. The Morgan fingerprint density at radius 3 is 2.75 bits per heavy atom. The predicted octanol–water partition coefficient (Wildman–Crippen LogP) is 1.50. The van der Waals surface area contributed by atoms with E-state index in [1.807, 2.05) is 31.3 Å². The van der Waals surface area contributed by atoms with Crippen LogP contribution in [-0.2, 0) is 6.54 Å². The van der Waals surface area contributed by atoms with Gasteiger partial charge in [0.1, 0.15) is 18.0 Å². The van der Waals surface area contributed by atoms with Crippen molar-refractivity contribution in [3.8, 4) is 0 Å². The minimum atomic E-state index is 0.575. The molecule has 0 saturated carbocycles. The van der Waals surface area contributed by atoms with Crippen molar-refractivity contribution in [2.24, 2.45) is 0 Å². The van der Waals surface area contributed by atoms with Crippen molar-refractivity contribution in [1.82, 2.24) is 15.3 Å². The van der Waals surface area contributed by atoms with Crippen molar-refractivity contribution in [3.63, 3.8) is 0 Å². The van der Waals surface area contributed by atoms with Gasteiger partial charge in [0.15, 0.2) is 0 Å². The van der Waals surface area contributed by atoms with Gasteiger partial charge < -0.3 is 15.5 Å². The Hall–Kier alpha value is -2.14. The third-order valence-corrected chi connectivity index (χ3v) is 3.58. The number of hydrogen-bond acceptors (Lipinski definition) is 5. The quantitative estimate of drug-likeness (QED) is 0.861. The molecular weight excluding hydrogens is 250 g/mol. The third kappa shape index (κ3) is 2.88. The van der Waals surface area contributed by atoms with Crippen LogP contribution < -0.4 is 15.5 Å². The van der Waals surface area contributed by atoms with E-state index in [1.54, 1.807) is 6.33 Å². The zero-order chi connectivity index (χ0) is 13.8. The van der Waals surface area contributed by atoms with E-state index in [0.717, 1.165) is 31.3 Å². The summed E-state index contributed by atoms with van der Waals surface area (Å²) in [5.41, 5.74) is 1.24. The summed E-state index contributed by atoms with van der Waals surface area (Å²) >= 11 is 0. The highest BCUT2D eigenvalue weighted by Crippen LogP contribution is 2.20. The summed E-state index contributed by atoms with van der Waals surface area (Å²) in [5, 5.41) is 6.60. The van der Waals surface area contributed by atoms with Crippen LogP contribution in [0.5, 0.6) is 0 Å². The highest BCUT2D eigenvalue weighted by Gasteiger charge is 2.26. The highest BCUT2D eigenvalue weighted by atomic mass is 15.3. The van der Waals surface area contributed by atoms with E-state index in [-0.39, 0.29) is 0 Å². The van der Waals surface area contributed by atoms with Gasteiger partial charge in [-0.3, -0.25) is 0 Å². The van der Waals surface area contributed by atoms with Crippen LogP contribution in [-0.4, -0.2) is 36.1 Å². The maximum Gasteiger partial charge on any atom is 0.134 e. The van der Waals surface area contributed by atoms with Crippen molar-refractivity contribution in [2.75, 3.05) is 30.4 Å². The normalized spacial score (nSPS) is 14.9. The second-order valence-electron chi connectivity index (χ2n) is 4.99. The van der Waals surface area contributed by atoms with Gasteiger partial charge in [0.05, 0.1) is 0 Å². The summed E-state index contributed by atoms with van der Waals surface area (Å²) < 4.78 is 0. The molecule has 20 heavy (non-hydrogen) atoms. The molecule has 1 aromatic heterocycles. The third-order valence-electron chi connectivity index (χ3n) is 3.58. The van der Waals surface area contributed by atoms with Crippen LogP contribution in [0.1, 0.15) is 5.56 Å². The van der Waals surface area contributed by atoms with Crippen LogP contribution in [0.4, 0.5) is 11.6 Å². The van der Waals surface area contributed by atoms with E-state index in [1.165, 1.54) is 5.56 Å². The maximum absolute atomic E-state index is 4.33. The van der Waals surface area contributed by atoms with Crippen LogP contribution in [0.25, 0.3) is 0 Å². The Morgan fingerprint density at radius 1 is 1.20 bits per heavy atom. The summed E-state index contributed by atoms with van der Waals surface area (Å²) in [6.07, 6.45) is 1.62. The average molecular weight is 269 g/mol. The van der Waals surface area contributed by atoms with E-state index in [2.05, 4.69) is 37.6 Å². The van der Waals surface area contributed by atoms with Gasteiger partial charge in [-0.05, 0) is 12.6 Å². The predicted molar refractivity (Wildman–Crippen MR) is 80.9 cm³/mol.